The Kier molecular flexibility index (Phi) is 14.4. The lowest BCUT2D eigenvalue weighted by Gasteiger charge is -2.23. The molecule has 306 valence electrons. The third-order valence-electron chi connectivity index (χ3n) is 9.64. The van der Waals surface area contributed by atoms with Gasteiger partial charge in [0.2, 0.25) is 5.78 Å². The molecule has 0 unspecified atom stereocenters. The zero-order valence-corrected chi connectivity index (χ0v) is 39.9. The highest BCUT2D eigenvalue weighted by Crippen LogP contribution is 2.40. The smallest absolute Gasteiger partial charge is 0.361 e. The summed E-state index contributed by atoms with van der Waals surface area (Å²) in [4.78, 5) is 14.0. The average Bonchev–Trinajstić information content (AvgIpc) is 3.23. The van der Waals surface area contributed by atoms with Crippen LogP contribution in [0.5, 0.6) is 0 Å². The van der Waals surface area contributed by atoms with Gasteiger partial charge in [0.1, 0.15) is 17.3 Å². The second kappa shape index (κ2) is 19.7. The molecular weight excluding hydrogens is 1020 g/mol. The molecule has 60 heavy (non-hydrogen) atoms. The van der Waals surface area contributed by atoms with Crippen LogP contribution < -0.4 is 0 Å². The summed E-state index contributed by atoms with van der Waals surface area (Å²) in [6.45, 7) is 10.6. The number of hydrogen-bond acceptors (Lipinski definition) is 5. The number of benzene rings is 4. The number of ether oxygens (including phenoxy) is 3. The van der Waals surface area contributed by atoms with Gasteiger partial charge in [-0.15, -0.1) is 0 Å². The molecule has 0 spiro atoms. The predicted octanol–water partition coefficient (Wildman–Crippen LogP) is 15.1. The van der Waals surface area contributed by atoms with Crippen LogP contribution in [0.15, 0.2) is 160 Å². The van der Waals surface area contributed by atoms with Gasteiger partial charge in [0.15, 0.2) is 0 Å². The number of carbonyl (C=O) groups excluding carboxylic acids is 1. The molecule has 0 saturated heterocycles. The minimum atomic E-state index is -0.275. The Hall–Kier alpha value is -4.16. The van der Waals surface area contributed by atoms with Crippen molar-refractivity contribution in [3.63, 3.8) is 0 Å². The van der Waals surface area contributed by atoms with Crippen molar-refractivity contribution in [3.05, 3.63) is 183 Å². The first-order valence-electron chi connectivity index (χ1n) is 19.6. The molecule has 4 aromatic carbocycles. The lowest BCUT2D eigenvalue weighted by atomic mass is 9.85. The van der Waals surface area contributed by atoms with Crippen molar-refractivity contribution < 1.29 is 28.5 Å². The number of allylic oxidation sites excluding steroid dienone is 6. The average molecular weight is 1060 g/mol. The van der Waals surface area contributed by atoms with Crippen LogP contribution in [0.3, 0.4) is 0 Å². The second-order valence-corrected chi connectivity index (χ2v) is 18.8. The lowest BCUT2D eigenvalue weighted by molar-refractivity contribution is -0.113. The Bertz CT molecular complexity index is 2620. The van der Waals surface area contributed by atoms with E-state index in [9.17, 15) is 9.90 Å². The summed E-state index contributed by atoms with van der Waals surface area (Å²) in [5, 5.41) is 11.6. The van der Waals surface area contributed by atoms with E-state index in [2.05, 4.69) is 91.4 Å². The van der Waals surface area contributed by atoms with Crippen molar-refractivity contribution >= 4 is 87.1 Å². The van der Waals surface area contributed by atoms with Gasteiger partial charge in [0, 0.05) is 42.2 Å². The van der Waals surface area contributed by atoms with Crippen LogP contribution in [0.25, 0.3) is 40.2 Å². The summed E-state index contributed by atoms with van der Waals surface area (Å²) in [6, 6.07) is 31.5. The van der Waals surface area contributed by atoms with Crippen molar-refractivity contribution in [1.29, 1.82) is 0 Å². The molecule has 5 aromatic rings. The largest absolute Gasteiger partial charge is 0.506 e. The Morgan fingerprint density at radius 2 is 1.20 bits per heavy atom. The molecular formula is C50H43Br4O6+. The van der Waals surface area contributed by atoms with Crippen LogP contribution in [0.4, 0.5) is 0 Å². The lowest BCUT2D eigenvalue weighted by Crippen LogP contribution is -2.21. The molecule has 7 rings (SSSR count). The van der Waals surface area contributed by atoms with E-state index in [0.29, 0.717) is 72.4 Å². The Morgan fingerprint density at radius 3 is 1.82 bits per heavy atom. The van der Waals surface area contributed by atoms with E-state index >= 15 is 0 Å². The molecule has 2 heterocycles. The zero-order valence-electron chi connectivity index (χ0n) is 33.5. The minimum absolute atomic E-state index is 0.0875. The van der Waals surface area contributed by atoms with Gasteiger partial charge in [-0.25, -0.2) is 4.42 Å². The van der Waals surface area contributed by atoms with Crippen LogP contribution in [-0.2, 0) is 32.2 Å². The van der Waals surface area contributed by atoms with Crippen LogP contribution in [0.2, 0.25) is 0 Å². The van der Waals surface area contributed by atoms with Crippen molar-refractivity contribution in [2.24, 2.45) is 11.8 Å². The number of rotatable bonds is 14. The van der Waals surface area contributed by atoms with Crippen LogP contribution in [-0.4, -0.2) is 24.1 Å². The van der Waals surface area contributed by atoms with Gasteiger partial charge < -0.3 is 19.3 Å². The van der Waals surface area contributed by atoms with Crippen molar-refractivity contribution in [3.8, 4) is 22.6 Å². The van der Waals surface area contributed by atoms with Crippen LogP contribution in [0, 0.1) is 11.8 Å². The molecule has 1 aliphatic carbocycles. The van der Waals surface area contributed by atoms with Crippen molar-refractivity contribution in [1.82, 2.24) is 0 Å². The fourth-order valence-electron chi connectivity index (χ4n) is 6.69. The first-order chi connectivity index (χ1) is 28.8. The third-order valence-corrected chi connectivity index (χ3v) is 13.4. The monoisotopic (exact) mass is 1050 g/mol. The quantitative estimate of drug-likeness (QED) is 0.0882. The summed E-state index contributed by atoms with van der Waals surface area (Å²) >= 11 is 14.4. The van der Waals surface area contributed by atoms with Gasteiger partial charge in [-0.1, -0.05) is 76.2 Å². The number of Topliss-reactive ketones (excluding diaryl/α,β-unsaturated/α-hetero) is 1. The third kappa shape index (κ3) is 10.5. The van der Waals surface area contributed by atoms with E-state index in [1.165, 1.54) is 0 Å². The van der Waals surface area contributed by atoms with Crippen molar-refractivity contribution in [2.45, 2.75) is 40.9 Å². The maximum absolute atomic E-state index is 14.0. The number of hydrogen-bond donors (Lipinski definition) is 1. The minimum Gasteiger partial charge on any atom is -0.506 e. The summed E-state index contributed by atoms with van der Waals surface area (Å²) in [5.74, 6) is 2.82. The highest BCUT2D eigenvalue weighted by Gasteiger charge is 2.33. The highest BCUT2D eigenvalue weighted by molar-refractivity contribution is 9.13. The molecule has 0 bridgehead atoms. The molecule has 0 fully saturated rings. The number of aliphatic hydroxyl groups is 1. The summed E-state index contributed by atoms with van der Waals surface area (Å²) in [5.41, 5.74) is 7.17. The predicted molar refractivity (Wildman–Crippen MR) is 254 cm³/mol. The first-order valence-corrected chi connectivity index (χ1v) is 22.8. The van der Waals surface area contributed by atoms with Gasteiger partial charge in [-0.3, -0.25) is 4.79 Å². The number of halogens is 4. The molecule has 1 aromatic heterocycles. The van der Waals surface area contributed by atoms with Gasteiger partial charge in [-0.2, -0.15) is 0 Å². The van der Waals surface area contributed by atoms with Gasteiger partial charge >= 0.3 is 11.5 Å². The molecule has 10 heteroatoms. The van der Waals surface area contributed by atoms with E-state index in [-0.39, 0.29) is 22.7 Å². The molecule has 2 aliphatic rings. The Morgan fingerprint density at radius 1 is 0.650 bits per heavy atom. The maximum Gasteiger partial charge on any atom is 0.361 e. The van der Waals surface area contributed by atoms with Gasteiger partial charge in [0.05, 0.1) is 47.6 Å². The summed E-state index contributed by atoms with van der Waals surface area (Å²) in [7, 11) is 0. The van der Waals surface area contributed by atoms with E-state index in [1.807, 2.05) is 109 Å². The highest BCUT2D eigenvalue weighted by atomic mass is 79.9. The first kappa shape index (κ1) is 43.9. The number of ketones is 1. The SMILES string of the molecule is CC(C)COCc1ccccc1C1=CC(=CC2=C(O)C(=Cc3cc(-c4ccc(Br)c(Br)c4)[o+]c(-c4ccccc4COCC(C)C)c3)C2=O)C=C(c2ccc(Br)c(Br)c2)O1. The number of carbonyl (C=O) groups is 1. The Balaban J connectivity index is 1.29. The fraction of sp³-hybridized carbons (Fsp3) is 0.200. The molecule has 1 aliphatic heterocycles. The second-order valence-electron chi connectivity index (χ2n) is 15.4. The molecule has 0 amide bonds. The standard InChI is InChI=1S/C50H42Br4O6/c1-29(2)25-57-27-35-9-5-7-11-37(35)47-21-31(19-45(59-47)33-13-15-41(51)43(53)23-33)17-39-49(55)40(50(39)56)18-32-20-46(34-14-16-42(52)44(54)24-34)60-48(22-32)38-12-8-6-10-36(38)28-58-26-30(3)4/h5-24,29-30H,25-28H2,1-4H3/p+1. The molecule has 6 nitrogen and oxygen atoms in total. The molecule has 0 saturated carbocycles. The molecule has 0 atom stereocenters. The molecule has 0 radical (unpaired) electrons. The van der Waals surface area contributed by atoms with Crippen LogP contribution >= 0.6 is 63.7 Å². The van der Waals surface area contributed by atoms with E-state index < -0.39 is 0 Å². The zero-order chi connectivity index (χ0) is 42.5. The summed E-state index contributed by atoms with van der Waals surface area (Å²) in [6.07, 6.45) is 7.20. The normalized spacial score (nSPS) is 15.5. The van der Waals surface area contributed by atoms with Crippen molar-refractivity contribution in [2.75, 3.05) is 13.2 Å². The topological polar surface area (TPSA) is 76.3 Å². The van der Waals surface area contributed by atoms with Crippen LogP contribution in [0.1, 0.15) is 55.5 Å². The van der Waals surface area contributed by atoms with E-state index in [1.54, 1.807) is 12.2 Å². The number of aliphatic hydroxyl groups excluding tert-OH is 1. The maximum atomic E-state index is 14.0. The van der Waals surface area contributed by atoms with E-state index in [4.69, 9.17) is 18.6 Å². The molecule has 1 N–H and O–H groups in total. The van der Waals surface area contributed by atoms with Gasteiger partial charge in [0.25, 0.3) is 0 Å². The van der Waals surface area contributed by atoms with E-state index in [0.717, 1.165) is 51.3 Å². The van der Waals surface area contributed by atoms with Gasteiger partial charge in [-0.05, 0) is 159 Å². The summed E-state index contributed by atoms with van der Waals surface area (Å²) < 4.78 is 28.8. The fourth-order valence-corrected chi connectivity index (χ4v) is 7.94. The Labute approximate surface area is 384 Å².